The van der Waals surface area contributed by atoms with Crippen LogP contribution in [-0.2, 0) is 21.7 Å². The molecule has 0 fully saturated rings. The van der Waals surface area contributed by atoms with Gasteiger partial charge in [0.05, 0.1) is 0 Å². The minimum Gasteiger partial charge on any atom is -0.394 e. The van der Waals surface area contributed by atoms with E-state index in [0.717, 1.165) is 0 Å². The zero-order chi connectivity index (χ0) is 17.0. The minimum atomic E-state index is -0.167. The second-order valence-electron chi connectivity index (χ2n) is 4.66. The number of hydrogen-bond donors (Lipinski definition) is 4. The van der Waals surface area contributed by atoms with E-state index >= 15 is 0 Å². The van der Waals surface area contributed by atoms with E-state index in [9.17, 15) is 0 Å². The van der Waals surface area contributed by atoms with E-state index in [1.807, 2.05) is 0 Å². The first-order valence-electron chi connectivity index (χ1n) is 6.47. The van der Waals surface area contributed by atoms with Crippen LogP contribution in [0.4, 0.5) is 0 Å². The molecule has 6 heteroatoms. The van der Waals surface area contributed by atoms with Gasteiger partial charge in [0.1, 0.15) is 0 Å². The topological polar surface area (TPSA) is 80.9 Å². The van der Waals surface area contributed by atoms with Crippen LogP contribution in [0.25, 0.3) is 0 Å². The average Bonchev–Trinajstić information content (AvgIpc) is 1.97. The SMILES string of the molecule is C=C[CH2-].CC(C)O.CC(C)O.CC(C)O.CC(C)O.[Li+].[Ti]. The monoisotopic (exact) mass is 336 g/mol. The van der Waals surface area contributed by atoms with Gasteiger partial charge in [-0.2, -0.15) is 0 Å². The fourth-order valence-electron chi connectivity index (χ4n) is 0. The van der Waals surface area contributed by atoms with Gasteiger partial charge < -0.3 is 20.4 Å². The largest absolute Gasteiger partial charge is 1.00 e. The van der Waals surface area contributed by atoms with Crippen molar-refractivity contribution < 1.29 is 61.0 Å². The number of allylic oxidation sites excluding steroid dienone is 1. The van der Waals surface area contributed by atoms with Gasteiger partial charge in [0.15, 0.2) is 0 Å². The Balaban J connectivity index is -0.0000000229. The Morgan fingerprint density at radius 2 is 0.667 bits per heavy atom. The van der Waals surface area contributed by atoms with Gasteiger partial charge in [-0.25, -0.2) is 19.6 Å². The van der Waals surface area contributed by atoms with E-state index in [2.05, 4.69) is 13.5 Å². The maximum Gasteiger partial charge on any atom is 1.00 e. The molecule has 0 aliphatic rings. The Morgan fingerprint density at radius 3 is 0.667 bits per heavy atom. The van der Waals surface area contributed by atoms with Crippen LogP contribution in [0, 0.1) is 6.92 Å². The Kier molecular flexibility index (Phi) is 87.8. The summed E-state index contributed by atoms with van der Waals surface area (Å²) >= 11 is 0. The molecule has 0 aromatic rings. The standard InChI is InChI=1S/4C3H8O.C3H5.Li.Ti/c4*1-3(2)4;1-3-2;;/h4*3-4H,1-2H3;3H,1-2H2;;/q;;;;-1;+1;. The quantitative estimate of drug-likeness (QED) is 0.357. The molecule has 21 heavy (non-hydrogen) atoms. The molecule has 0 heterocycles. The van der Waals surface area contributed by atoms with Gasteiger partial charge in [-0.05, 0) is 55.4 Å². The summed E-state index contributed by atoms with van der Waals surface area (Å²) in [6.45, 7) is 20.3. The number of hydrogen-bond acceptors (Lipinski definition) is 4. The molecule has 0 saturated heterocycles. The van der Waals surface area contributed by atoms with Crippen molar-refractivity contribution >= 4 is 0 Å². The molecule has 0 aromatic carbocycles. The van der Waals surface area contributed by atoms with Crippen LogP contribution >= 0.6 is 0 Å². The van der Waals surface area contributed by atoms with Crippen molar-refractivity contribution in [3.63, 3.8) is 0 Å². The van der Waals surface area contributed by atoms with Crippen molar-refractivity contribution in [2.45, 2.75) is 79.8 Å². The molecule has 0 spiro atoms. The molecule has 0 aromatic heterocycles. The van der Waals surface area contributed by atoms with Gasteiger partial charge >= 0.3 is 18.9 Å². The first kappa shape index (κ1) is 43.0. The van der Waals surface area contributed by atoms with Crippen LogP contribution in [0.15, 0.2) is 12.7 Å². The summed E-state index contributed by atoms with van der Waals surface area (Å²) in [6, 6.07) is 0. The zero-order valence-corrected chi connectivity index (χ0v) is 17.2. The molecule has 4 N–H and O–H groups in total. The zero-order valence-electron chi connectivity index (χ0n) is 15.6. The van der Waals surface area contributed by atoms with E-state index in [0.29, 0.717) is 0 Å². The normalized spacial score (nSPS) is 7.43. The molecule has 0 unspecified atom stereocenters. The number of rotatable bonds is 0. The first-order valence-corrected chi connectivity index (χ1v) is 6.47. The summed E-state index contributed by atoms with van der Waals surface area (Å²) < 4.78 is 0. The van der Waals surface area contributed by atoms with Crippen LogP contribution in [0.1, 0.15) is 55.4 Å². The van der Waals surface area contributed by atoms with E-state index in [1.165, 1.54) is 6.08 Å². The molecule has 0 rings (SSSR count). The van der Waals surface area contributed by atoms with Crippen LogP contribution in [0.5, 0.6) is 0 Å². The van der Waals surface area contributed by atoms with Crippen molar-refractivity contribution in [2.24, 2.45) is 0 Å². The summed E-state index contributed by atoms with van der Waals surface area (Å²) in [5.41, 5.74) is 0. The van der Waals surface area contributed by atoms with Crippen molar-refractivity contribution in [2.75, 3.05) is 0 Å². The number of aliphatic hydroxyl groups excluding tert-OH is 4. The summed E-state index contributed by atoms with van der Waals surface area (Å²) in [7, 11) is 0. The molecular weight excluding hydrogens is 299 g/mol. The molecular formula is C15H37LiO4Ti. The smallest absolute Gasteiger partial charge is 0.394 e. The van der Waals surface area contributed by atoms with Gasteiger partial charge in [-0.1, -0.05) is 0 Å². The van der Waals surface area contributed by atoms with Crippen LogP contribution in [0.2, 0.25) is 0 Å². The Labute approximate surface area is 160 Å². The average molecular weight is 336 g/mol. The molecule has 0 aliphatic heterocycles. The van der Waals surface area contributed by atoms with Crippen molar-refractivity contribution in [1.29, 1.82) is 0 Å². The summed E-state index contributed by atoms with van der Waals surface area (Å²) in [5.74, 6) is 0. The van der Waals surface area contributed by atoms with Gasteiger partial charge in [0, 0.05) is 46.1 Å². The number of aliphatic hydroxyl groups is 4. The van der Waals surface area contributed by atoms with Crippen molar-refractivity contribution in [1.82, 2.24) is 0 Å². The third-order valence-electron chi connectivity index (χ3n) is 0. The van der Waals surface area contributed by atoms with E-state index in [1.54, 1.807) is 55.4 Å². The maximum absolute atomic E-state index is 8.06. The third-order valence-corrected chi connectivity index (χ3v) is 0. The first-order chi connectivity index (χ1) is 8.34. The second kappa shape index (κ2) is 42.8. The molecule has 0 aliphatic carbocycles. The minimum absolute atomic E-state index is 0. The van der Waals surface area contributed by atoms with E-state index < -0.39 is 0 Å². The molecule has 0 radical (unpaired) electrons. The van der Waals surface area contributed by atoms with Gasteiger partial charge in [-0.3, -0.25) is 0 Å². The van der Waals surface area contributed by atoms with Gasteiger partial charge in [0.25, 0.3) is 0 Å². The fourth-order valence-corrected chi connectivity index (χ4v) is 0. The summed E-state index contributed by atoms with van der Waals surface area (Å²) in [6.07, 6.45) is 0.833. The predicted molar refractivity (Wildman–Crippen MR) is 85.0 cm³/mol. The molecule has 0 saturated carbocycles. The van der Waals surface area contributed by atoms with Crippen LogP contribution < -0.4 is 18.9 Å². The maximum atomic E-state index is 8.06. The predicted octanol–water partition coefficient (Wildman–Crippen LogP) is -0.444. The Bertz CT molecular complexity index is 97.8. The molecule has 0 amide bonds. The second-order valence-corrected chi connectivity index (χ2v) is 4.66. The molecule has 0 bridgehead atoms. The van der Waals surface area contributed by atoms with Crippen molar-refractivity contribution in [3.8, 4) is 0 Å². The van der Waals surface area contributed by atoms with Gasteiger partial charge in [-0.15, -0.1) is 0 Å². The Morgan fingerprint density at radius 1 is 0.667 bits per heavy atom. The molecule has 0 atom stereocenters. The molecule has 4 nitrogen and oxygen atoms in total. The summed E-state index contributed by atoms with van der Waals surface area (Å²) in [4.78, 5) is 0. The van der Waals surface area contributed by atoms with Crippen molar-refractivity contribution in [3.05, 3.63) is 19.6 Å². The Hall–Kier alpha value is 0.762. The summed E-state index contributed by atoms with van der Waals surface area (Å²) in [5, 5.41) is 32.2. The van der Waals surface area contributed by atoms with Gasteiger partial charge in [0.2, 0.25) is 0 Å². The third kappa shape index (κ3) is 12600. The fraction of sp³-hybridized carbons (Fsp3) is 0.800. The van der Waals surface area contributed by atoms with E-state index in [4.69, 9.17) is 20.4 Å². The van der Waals surface area contributed by atoms with Crippen LogP contribution in [0.3, 0.4) is 0 Å². The van der Waals surface area contributed by atoms with E-state index in [-0.39, 0.29) is 65.0 Å². The van der Waals surface area contributed by atoms with Crippen LogP contribution in [-0.4, -0.2) is 44.8 Å². The molecule has 126 valence electrons.